The molecular weight excluding hydrogens is 142 g/mol. The van der Waals surface area contributed by atoms with Gasteiger partial charge in [0.15, 0.2) is 5.82 Å². The first-order valence-electron chi connectivity index (χ1n) is 3.78. The fourth-order valence-corrected chi connectivity index (χ4v) is 0.994. The minimum Gasteiger partial charge on any atom is -0.338 e. The van der Waals surface area contributed by atoms with E-state index in [2.05, 4.69) is 17.1 Å². The van der Waals surface area contributed by atoms with Crippen LogP contribution >= 0.6 is 0 Å². The first kappa shape index (κ1) is 6.79. The van der Waals surface area contributed by atoms with E-state index in [4.69, 9.17) is 10.3 Å². The molecule has 1 fully saturated rings. The zero-order valence-corrected chi connectivity index (χ0v) is 6.50. The molecule has 2 rings (SSSR count). The standard InChI is InChI=1S/C7H11N3O/c1-7(2-3-7)6-9-5(4-8)11-10-6/h2-4,8H2,1H3. The quantitative estimate of drug-likeness (QED) is 0.675. The highest BCUT2D eigenvalue weighted by Crippen LogP contribution is 2.45. The van der Waals surface area contributed by atoms with Crippen molar-refractivity contribution in [2.45, 2.75) is 31.7 Å². The molecule has 0 unspecified atom stereocenters. The summed E-state index contributed by atoms with van der Waals surface area (Å²) in [7, 11) is 0. The zero-order chi connectivity index (χ0) is 7.90. The van der Waals surface area contributed by atoms with E-state index < -0.39 is 0 Å². The van der Waals surface area contributed by atoms with Gasteiger partial charge in [0.1, 0.15) is 0 Å². The van der Waals surface area contributed by atoms with Crippen molar-refractivity contribution in [1.29, 1.82) is 0 Å². The second-order valence-electron chi connectivity index (χ2n) is 3.28. The molecule has 2 N–H and O–H groups in total. The molecule has 1 aliphatic carbocycles. The van der Waals surface area contributed by atoms with Gasteiger partial charge in [-0.15, -0.1) is 0 Å². The Labute approximate surface area is 64.8 Å². The summed E-state index contributed by atoms with van der Waals surface area (Å²) in [5.74, 6) is 1.35. The van der Waals surface area contributed by atoms with Crippen LogP contribution in [0.4, 0.5) is 0 Å². The lowest BCUT2D eigenvalue weighted by Crippen LogP contribution is -2.03. The minimum absolute atomic E-state index is 0.191. The molecule has 11 heavy (non-hydrogen) atoms. The first-order chi connectivity index (χ1) is 5.24. The third-order valence-electron chi connectivity index (χ3n) is 2.18. The van der Waals surface area contributed by atoms with E-state index in [0.29, 0.717) is 12.4 Å². The molecule has 4 heteroatoms. The predicted octanol–water partition coefficient (Wildman–Crippen LogP) is 0.580. The van der Waals surface area contributed by atoms with E-state index in [-0.39, 0.29) is 5.41 Å². The Hall–Kier alpha value is -0.900. The number of nitrogens with two attached hydrogens (primary N) is 1. The van der Waals surface area contributed by atoms with Gasteiger partial charge in [-0.2, -0.15) is 4.98 Å². The monoisotopic (exact) mass is 153 g/mol. The van der Waals surface area contributed by atoms with Crippen LogP contribution in [0.25, 0.3) is 0 Å². The maximum absolute atomic E-state index is 5.33. The second kappa shape index (κ2) is 2.04. The van der Waals surface area contributed by atoms with E-state index in [1.165, 1.54) is 0 Å². The van der Waals surface area contributed by atoms with Crippen molar-refractivity contribution < 1.29 is 4.52 Å². The van der Waals surface area contributed by atoms with Gasteiger partial charge >= 0.3 is 0 Å². The lowest BCUT2D eigenvalue weighted by Gasteiger charge is -1.96. The molecule has 0 spiro atoms. The Morgan fingerprint density at radius 3 is 2.82 bits per heavy atom. The molecule has 1 aromatic rings. The predicted molar refractivity (Wildman–Crippen MR) is 38.8 cm³/mol. The average molecular weight is 153 g/mol. The normalized spacial score (nSPS) is 20.2. The van der Waals surface area contributed by atoms with Crippen LogP contribution in [0, 0.1) is 0 Å². The van der Waals surface area contributed by atoms with Crippen LogP contribution in [0.15, 0.2) is 4.52 Å². The second-order valence-corrected chi connectivity index (χ2v) is 3.28. The Morgan fingerprint density at radius 2 is 2.36 bits per heavy atom. The molecule has 0 aliphatic heterocycles. The maximum Gasteiger partial charge on any atom is 0.240 e. The van der Waals surface area contributed by atoms with Crippen molar-refractivity contribution in [2.75, 3.05) is 0 Å². The van der Waals surface area contributed by atoms with Gasteiger partial charge in [-0.05, 0) is 12.8 Å². The topological polar surface area (TPSA) is 64.9 Å². The van der Waals surface area contributed by atoms with Crippen LogP contribution in [0.2, 0.25) is 0 Å². The highest BCUT2D eigenvalue weighted by atomic mass is 16.5. The van der Waals surface area contributed by atoms with E-state index >= 15 is 0 Å². The van der Waals surface area contributed by atoms with Gasteiger partial charge in [0.25, 0.3) is 0 Å². The molecule has 1 saturated carbocycles. The molecule has 4 nitrogen and oxygen atoms in total. The van der Waals surface area contributed by atoms with Crippen molar-refractivity contribution in [3.05, 3.63) is 11.7 Å². The maximum atomic E-state index is 5.33. The molecule has 1 aliphatic rings. The summed E-state index contributed by atoms with van der Waals surface area (Å²) >= 11 is 0. The molecular formula is C7H11N3O. The van der Waals surface area contributed by atoms with E-state index in [1.54, 1.807) is 0 Å². The van der Waals surface area contributed by atoms with Crippen LogP contribution in [0.1, 0.15) is 31.5 Å². The van der Waals surface area contributed by atoms with Crippen LogP contribution < -0.4 is 5.73 Å². The summed E-state index contributed by atoms with van der Waals surface area (Å²) in [5.41, 5.74) is 5.52. The summed E-state index contributed by atoms with van der Waals surface area (Å²) in [6, 6.07) is 0. The molecule has 1 heterocycles. The van der Waals surface area contributed by atoms with Crippen LogP contribution in [0.3, 0.4) is 0 Å². The molecule has 60 valence electrons. The molecule has 0 radical (unpaired) electrons. The van der Waals surface area contributed by atoms with Gasteiger partial charge in [-0.1, -0.05) is 12.1 Å². The molecule has 0 amide bonds. The third kappa shape index (κ3) is 1.03. The summed E-state index contributed by atoms with van der Waals surface area (Å²) in [6.45, 7) is 2.47. The largest absolute Gasteiger partial charge is 0.338 e. The minimum atomic E-state index is 0.191. The van der Waals surface area contributed by atoms with Crippen LogP contribution in [-0.2, 0) is 12.0 Å². The van der Waals surface area contributed by atoms with Crippen LogP contribution in [-0.4, -0.2) is 10.1 Å². The summed E-state index contributed by atoms with van der Waals surface area (Å²) < 4.78 is 4.89. The Kier molecular flexibility index (Phi) is 1.26. The first-order valence-corrected chi connectivity index (χ1v) is 3.78. The van der Waals surface area contributed by atoms with Crippen molar-refractivity contribution in [3.8, 4) is 0 Å². The number of nitrogens with zero attached hydrogens (tertiary/aromatic N) is 2. The SMILES string of the molecule is CC1(c2noc(CN)n2)CC1. The molecule has 0 atom stereocenters. The fraction of sp³-hybridized carbons (Fsp3) is 0.714. The van der Waals surface area contributed by atoms with Crippen molar-refractivity contribution in [2.24, 2.45) is 5.73 Å². The number of hydrogen-bond acceptors (Lipinski definition) is 4. The Morgan fingerprint density at radius 1 is 1.64 bits per heavy atom. The molecule has 0 aromatic carbocycles. The van der Waals surface area contributed by atoms with Crippen molar-refractivity contribution in [3.63, 3.8) is 0 Å². The summed E-state index contributed by atoms with van der Waals surface area (Å²) in [6.07, 6.45) is 2.33. The number of rotatable bonds is 2. The van der Waals surface area contributed by atoms with E-state index in [0.717, 1.165) is 18.7 Å². The number of aromatic nitrogens is 2. The zero-order valence-electron chi connectivity index (χ0n) is 6.50. The van der Waals surface area contributed by atoms with E-state index in [9.17, 15) is 0 Å². The van der Waals surface area contributed by atoms with Gasteiger partial charge in [0.05, 0.1) is 6.54 Å². The van der Waals surface area contributed by atoms with Gasteiger partial charge in [-0.3, -0.25) is 0 Å². The lowest BCUT2D eigenvalue weighted by atomic mass is 10.1. The third-order valence-corrected chi connectivity index (χ3v) is 2.18. The highest BCUT2D eigenvalue weighted by Gasteiger charge is 2.43. The summed E-state index contributed by atoms with van der Waals surface area (Å²) in [5, 5.41) is 3.85. The van der Waals surface area contributed by atoms with Gasteiger partial charge in [0.2, 0.25) is 5.89 Å². The highest BCUT2D eigenvalue weighted by molar-refractivity contribution is 5.14. The lowest BCUT2D eigenvalue weighted by molar-refractivity contribution is 0.371. The fourth-order valence-electron chi connectivity index (χ4n) is 0.994. The molecule has 1 aromatic heterocycles. The summed E-state index contributed by atoms with van der Waals surface area (Å²) in [4.78, 5) is 4.16. The number of hydrogen-bond donors (Lipinski definition) is 1. The van der Waals surface area contributed by atoms with Gasteiger partial charge in [-0.25, -0.2) is 0 Å². The average Bonchev–Trinajstić information content (AvgIpc) is 2.61. The van der Waals surface area contributed by atoms with Gasteiger partial charge in [0, 0.05) is 5.41 Å². The molecule has 0 bridgehead atoms. The van der Waals surface area contributed by atoms with Crippen molar-refractivity contribution in [1.82, 2.24) is 10.1 Å². The Bertz CT molecular complexity index is 264. The van der Waals surface area contributed by atoms with E-state index in [1.807, 2.05) is 0 Å². The molecule has 0 saturated heterocycles. The smallest absolute Gasteiger partial charge is 0.240 e. The van der Waals surface area contributed by atoms with Crippen LogP contribution in [0.5, 0.6) is 0 Å². The van der Waals surface area contributed by atoms with Gasteiger partial charge < -0.3 is 10.3 Å². The Balaban J connectivity index is 2.25. The van der Waals surface area contributed by atoms with Crippen molar-refractivity contribution >= 4 is 0 Å².